The number of aromatic nitrogens is 1. The standard InChI is InChI=1S/C22H26N2O3S/c1-16-13-19(27-2)7-8-22(16)28(25,26)24-11-9-17(10-12-24)14-18-15-23-21-6-4-3-5-20(18)21/h3-8,13,15,17,23H,9-12,14H2,1-2H3. The SMILES string of the molecule is COc1ccc(S(=O)(=O)N2CCC(Cc3c[nH]c4ccccc34)CC2)c(C)c1. The zero-order valence-corrected chi connectivity index (χ0v) is 17.1. The van der Waals surface area contributed by atoms with Crippen molar-refractivity contribution in [3.8, 4) is 5.75 Å². The van der Waals surface area contributed by atoms with Gasteiger partial charge < -0.3 is 9.72 Å². The van der Waals surface area contributed by atoms with Gasteiger partial charge in [-0.05, 0) is 67.5 Å². The van der Waals surface area contributed by atoms with Crippen molar-refractivity contribution in [3.05, 3.63) is 59.8 Å². The summed E-state index contributed by atoms with van der Waals surface area (Å²) in [5.74, 6) is 1.18. The van der Waals surface area contributed by atoms with E-state index in [1.54, 1.807) is 29.6 Å². The van der Waals surface area contributed by atoms with Crippen molar-refractivity contribution in [2.45, 2.75) is 31.1 Å². The fourth-order valence-electron chi connectivity index (χ4n) is 4.14. The van der Waals surface area contributed by atoms with Gasteiger partial charge in [-0.3, -0.25) is 0 Å². The van der Waals surface area contributed by atoms with Crippen LogP contribution in [0.3, 0.4) is 0 Å². The number of sulfonamides is 1. The molecule has 6 heteroatoms. The van der Waals surface area contributed by atoms with Gasteiger partial charge >= 0.3 is 0 Å². The van der Waals surface area contributed by atoms with E-state index in [-0.39, 0.29) is 0 Å². The Kier molecular flexibility index (Phi) is 5.17. The number of nitrogens with zero attached hydrogens (tertiary/aromatic N) is 1. The van der Waals surface area contributed by atoms with E-state index in [1.807, 2.05) is 13.0 Å². The van der Waals surface area contributed by atoms with Crippen molar-refractivity contribution in [1.82, 2.24) is 9.29 Å². The second kappa shape index (κ2) is 7.60. The van der Waals surface area contributed by atoms with E-state index < -0.39 is 10.0 Å². The number of benzene rings is 2. The van der Waals surface area contributed by atoms with Gasteiger partial charge in [0.25, 0.3) is 0 Å². The molecule has 0 spiro atoms. The van der Waals surface area contributed by atoms with E-state index in [2.05, 4.69) is 29.4 Å². The van der Waals surface area contributed by atoms with Crippen molar-refractivity contribution in [1.29, 1.82) is 0 Å². The van der Waals surface area contributed by atoms with Crippen LogP contribution in [0.1, 0.15) is 24.0 Å². The van der Waals surface area contributed by atoms with Gasteiger partial charge in [0.1, 0.15) is 5.75 Å². The molecule has 1 saturated heterocycles. The lowest BCUT2D eigenvalue weighted by Crippen LogP contribution is -2.39. The molecular formula is C22H26N2O3S. The summed E-state index contributed by atoms with van der Waals surface area (Å²) in [6.45, 7) is 2.96. The Morgan fingerprint density at radius 1 is 1.14 bits per heavy atom. The van der Waals surface area contributed by atoms with E-state index in [4.69, 9.17) is 4.74 Å². The van der Waals surface area contributed by atoms with E-state index in [9.17, 15) is 8.42 Å². The number of rotatable bonds is 5. The first-order valence-electron chi connectivity index (χ1n) is 9.69. The molecule has 1 aromatic heterocycles. The molecule has 28 heavy (non-hydrogen) atoms. The lowest BCUT2D eigenvalue weighted by molar-refractivity contribution is 0.273. The second-order valence-corrected chi connectivity index (χ2v) is 9.45. The number of ether oxygens (including phenoxy) is 1. The number of piperidine rings is 1. The Labute approximate surface area is 166 Å². The predicted molar refractivity (Wildman–Crippen MR) is 111 cm³/mol. The molecule has 1 aliphatic rings. The highest BCUT2D eigenvalue weighted by Gasteiger charge is 2.30. The van der Waals surface area contributed by atoms with Gasteiger partial charge in [-0.1, -0.05) is 18.2 Å². The third-order valence-electron chi connectivity index (χ3n) is 5.76. The van der Waals surface area contributed by atoms with Gasteiger partial charge in [0.05, 0.1) is 12.0 Å². The Morgan fingerprint density at radius 2 is 1.89 bits per heavy atom. The molecule has 0 radical (unpaired) electrons. The monoisotopic (exact) mass is 398 g/mol. The minimum Gasteiger partial charge on any atom is -0.497 e. The van der Waals surface area contributed by atoms with E-state index in [0.29, 0.717) is 29.7 Å². The van der Waals surface area contributed by atoms with Crippen LogP contribution in [0.25, 0.3) is 10.9 Å². The highest BCUT2D eigenvalue weighted by atomic mass is 32.2. The van der Waals surface area contributed by atoms with E-state index >= 15 is 0 Å². The molecule has 5 nitrogen and oxygen atoms in total. The molecule has 2 aromatic carbocycles. The molecular weight excluding hydrogens is 372 g/mol. The van der Waals surface area contributed by atoms with Gasteiger partial charge in [-0.25, -0.2) is 8.42 Å². The smallest absolute Gasteiger partial charge is 0.243 e. The summed E-state index contributed by atoms with van der Waals surface area (Å²) in [7, 11) is -1.88. The van der Waals surface area contributed by atoms with Crippen LogP contribution in [0.4, 0.5) is 0 Å². The molecule has 1 fully saturated rings. The largest absolute Gasteiger partial charge is 0.497 e. The first kappa shape index (κ1) is 19.0. The summed E-state index contributed by atoms with van der Waals surface area (Å²) < 4.78 is 33.0. The van der Waals surface area contributed by atoms with Gasteiger partial charge in [0, 0.05) is 30.2 Å². The Morgan fingerprint density at radius 3 is 2.61 bits per heavy atom. The van der Waals surface area contributed by atoms with Crippen molar-refractivity contribution >= 4 is 20.9 Å². The van der Waals surface area contributed by atoms with Crippen molar-refractivity contribution in [2.24, 2.45) is 5.92 Å². The summed E-state index contributed by atoms with van der Waals surface area (Å²) in [4.78, 5) is 3.71. The number of hydrogen-bond donors (Lipinski definition) is 1. The number of para-hydroxylation sites is 1. The van der Waals surface area contributed by atoms with E-state index in [0.717, 1.165) is 30.3 Å². The van der Waals surface area contributed by atoms with Crippen LogP contribution in [-0.2, 0) is 16.4 Å². The first-order valence-corrected chi connectivity index (χ1v) is 11.1. The third kappa shape index (κ3) is 3.54. The van der Waals surface area contributed by atoms with Crippen molar-refractivity contribution in [3.63, 3.8) is 0 Å². The molecule has 0 amide bonds. The molecule has 0 aliphatic carbocycles. The molecule has 0 saturated carbocycles. The quantitative estimate of drug-likeness (QED) is 0.703. The number of H-pyrrole nitrogens is 1. The number of aryl methyl sites for hydroxylation is 1. The van der Waals surface area contributed by atoms with Crippen LogP contribution in [0.15, 0.2) is 53.6 Å². The molecule has 0 atom stereocenters. The molecule has 0 unspecified atom stereocenters. The molecule has 148 valence electrons. The van der Waals surface area contributed by atoms with Crippen molar-refractivity contribution < 1.29 is 13.2 Å². The highest BCUT2D eigenvalue weighted by molar-refractivity contribution is 7.89. The van der Waals surface area contributed by atoms with Crippen LogP contribution in [0.5, 0.6) is 5.75 Å². The average Bonchev–Trinajstić information content (AvgIpc) is 3.11. The summed E-state index contributed by atoms with van der Waals surface area (Å²) in [6.07, 6.45) is 4.84. The minimum absolute atomic E-state index is 0.378. The Bertz CT molecular complexity index is 1080. The lowest BCUT2D eigenvalue weighted by atomic mass is 9.91. The average molecular weight is 399 g/mol. The number of methoxy groups -OCH3 is 1. The van der Waals surface area contributed by atoms with Crippen LogP contribution in [-0.4, -0.2) is 37.9 Å². The first-order chi connectivity index (χ1) is 13.5. The minimum atomic E-state index is -3.47. The zero-order valence-electron chi connectivity index (χ0n) is 16.3. The predicted octanol–water partition coefficient (Wildman–Crippen LogP) is 4.13. The Hall–Kier alpha value is -2.31. The lowest BCUT2D eigenvalue weighted by Gasteiger charge is -2.31. The van der Waals surface area contributed by atoms with Crippen LogP contribution < -0.4 is 4.74 Å². The van der Waals surface area contributed by atoms with Crippen LogP contribution in [0.2, 0.25) is 0 Å². The summed E-state index contributed by atoms with van der Waals surface area (Å²) in [6, 6.07) is 13.5. The number of aromatic amines is 1. The fraction of sp³-hybridized carbons (Fsp3) is 0.364. The fourth-order valence-corrected chi connectivity index (χ4v) is 5.82. The second-order valence-electron chi connectivity index (χ2n) is 7.54. The maximum Gasteiger partial charge on any atom is 0.243 e. The maximum absolute atomic E-state index is 13.1. The van der Waals surface area contributed by atoms with Crippen LogP contribution in [0, 0.1) is 12.8 Å². The summed E-state index contributed by atoms with van der Waals surface area (Å²) in [5.41, 5.74) is 3.20. The number of nitrogens with one attached hydrogen (secondary N) is 1. The zero-order chi connectivity index (χ0) is 19.7. The van der Waals surface area contributed by atoms with Crippen LogP contribution >= 0.6 is 0 Å². The normalized spacial score (nSPS) is 16.5. The molecule has 4 rings (SSSR count). The molecule has 3 aromatic rings. The number of fused-ring (bicyclic) bond motifs is 1. The summed E-state index contributed by atoms with van der Waals surface area (Å²) in [5, 5.41) is 1.27. The van der Waals surface area contributed by atoms with Gasteiger partial charge in [-0.2, -0.15) is 4.31 Å². The maximum atomic E-state index is 13.1. The van der Waals surface area contributed by atoms with Gasteiger partial charge in [0.2, 0.25) is 10.0 Å². The number of hydrogen-bond acceptors (Lipinski definition) is 3. The van der Waals surface area contributed by atoms with E-state index in [1.165, 1.54) is 10.9 Å². The molecule has 2 heterocycles. The molecule has 1 N–H and O–H groups in total. The molecule has 0 bridgehead atoms. The third-order valence-corrected chi connectivity index (χ3v) is 7.82. The van der Waals surface area contributed by atoms with Gasteiger partial charge in [-0.15, -0.1) is 0 Å². The Balaban J connectivity index is 1.45. The van der Waals surface area contributed by atoms with Gasteiger partial charge in [0.15, 0.2) is 0 Å². The summed E-state index contributed by atoms with van der Waals surface area (Å²) >= 11 is 0. The molecule has 1 aliphatic heterocycles. The highest BCUT2D eigenvalue weighted by Crippen LogP contribution is 2.30. The topological polar surface area (TPSA) is 62.4 Å². The van der Waals surface area contributed by atoms with Crippen molar-refractivity contribution in [2.75, 3.05) is 20.2 Å².